The maximum atomic E-state index is 11.9. The molecule has 1 fully saturated rings. The minimum Gasteiger partial charge on any atom is -0.343 e. The molecule has 1 amide bonds. The second-order valence-electron chi connectivity index (χ2n) is 6.69. The number of nitrogens with zero attached hydrogens (tertiary/aromatic N) is 1. The molecule has 1 saturated heterocycles. The molecule has 0 radical (unpaired) electrons. The van der Waals surface area contributed by atoms with Crippen molar-refractivity contribution in [3.8, 4) is 0 Å². The van der Waals surface area contributed by atoms with Gasteiger partial charge in [-0.05, 0) is 51.4 Å². The van der Waals surface area contributed by atoms with Crippen LogP contribution in [0.4, 0.5) is 0 Å². The van der Waals surface area contributed by atoms with Crippen LogP contribution in [-0.4, -0.2) is 23.9 Å². The predicted octanol–water partition coefficient (Wildman–Crippen LogP) is 6.20. The first kappa shape index (κ1) is 20.7. The van der Waals surface area contributed by atoms with Crippen LogP contribution in [0.1, 0.15) is 84.0 Å². The average molecular weight is 332 g/mol. The van der Waals surface area contributed by atoms with Gasteiger partial charge in [-0.2, -0.15) is 0 Å². The molecule has 1 heterocycles. The summed E-state index contributed by atoms with van der Waals surface area (Å²) < 4.78 is 0. The first-order valence-electron chi connectivity index (χ1n) is 10.1. The highest BCUT2D eigenvalue weighted by atomic mass is 16.2. The van der Waals surface area contributed by atoms with Crippen LogP contribution in [0.2, 0.25) is 0 Å². The van der Waals surface area contributed by atoms with E-state index in [0.29, 0.717) is 5.91 Å². The number of unbranched alkanes of at least 4 members (excludes halogenated alkanes) is 5. The first-order chi connectivity index (χ1) is 11.8. The molecule has 1 aliphatic rings. The van der Waals surface area contributed by atoms with Crippen LogP contribution in [0.5, 0.6) is 0 Å². The maximum absolute atomic E-state index is 11.9. The van der Waals surface area contributed by atoms with Crippen molar-refractivity contribution in [3.63, 3.8) is 0 Å². The fourth-order valence-electron chi connectivity index (χ4n) is 3.02. The number of carbonyl (C=O) groups excluding carboxylic acids is 1. The molecular formula is C22H37NO. The van der Waals surface area contributed by atoms with Gasteiger partial charge in [-0.3, -0.25) is 4.79 Å². The lowest BCUT2D eigenvalue weighted by molar-refractivity contribution is -0.130. The molecule has 136 valence electrons. The van der Waals surface area contributed by atoms with Crippen molar-refractivity contribution in [2.24, 2.45) is 0 Å². The number of allylic oxidation sites excluding steroid dienone is 6. The molecular weight excluding hydrogens is 294 g/mol. The lowest BCUT2D eigenvalue weighted by Gasteiger charge is -2.14. The fraction of sp³-hybridized carbons (Fsp3) is 0.682. The van der Waals surface area contributed by atoms with Crippen molar-refractivity contribution < 1.29 is 4.79 Å². The Hall–Kier alpha value is -1.31. The SMILES string of the molecule is CCC=CCC=CCC=CCCCCCCCC(=O)N1CCCC1. The zero-order valence-corrected chi connectivity index (χ0v) is 15.7. The molecule has 2 nitrogen and oxygen atoms in total. The summed E-state index contributed by atoms with van der Waals surface area (Å²) >= 11 is 0. The largest absolute Gasteiger partial charge is 0.343 e. The third-order valence-corrected chi connectivity index (χ3v) is 4.50. The van der Waals surface area contributed by atoms with Gasteiger partial charge in [-0.15, -0.1) is 0 Å². The van der Waals surface area contributed by atoms with Gasteiger partial charge in [-0.25, -0.2) is 0 Å². The smallest absolute Gasteiger partial charge is 0.222 e. The van der Waals surface area contributed by atoms with Gasteiger partial charge in [0.25, 0.3) is 0 Å². The van der Waals surface area contributed by atoms with E-state index in [0.717, 1.165) is 45.2 Å². The number of likely N-dealkylation sites (tertiary alicyclic amines) is 1. The Morgan fingerprint density at radius 3 is 2.08 bits per heavy atom. The van der Waals surface area contributed by atoms with Gasteiger partial charge in [-0.1, -0.05) is 62.6 Å². The van der Waals surface area contributed by atoms with Crippen molar-refractivity contribution in [1.82, 2.24) is 4.90 Å². The summed E-state index contributed by atoms with van der Waals surface area (Å²) in [6.07, 6.45) is 27.2. The number of hydrogen-bond donors (Lipinski definition) is 0. The van der Waals surface area contributed by atoms with E-state index in [9.17, 15) is 4.79 Å². The summed E-state index contributed by atoms with van der Waals surface area (Å²) in [5.74, 6) is 0.383. The molecule has 1 rings (SSSR count). The summed E-state index contributed by atoms with van der Waals surface area (Å²) in [4.78, 5) is 13.9. The molecule has 0 aliphatic carbocycles. The fourth-order valence-corrected chi connectivity index (χ4v) is 3.02. The molecule has 0 N–H and O–H groups in total. The summed E-state index contributed by atoms with van der Waals surface area (Å²) in [6, 6.07) is 0. The second-order valence-corrected chi connectivity index (χ2v) is 6.69. The van der Waals surface area contributed by atoms with Crippen LogP contribution >= 0.6 is 0 Å². The van der Waals surface area contributed by atoms with Gasteiger partial charge >= 0.3 is 0 Å². The predicted molar refractivity (Wildman–Crippen MR) is 105 cm³/mol. The molecule has 0 bridgehead atoms. The van der Waals surface area contributed by atoms with Crippen molar-refractivity contribution in [2.45, 2.75) is 84.0 Å². The molecule has 2 heteroatoms. The summed E-state index contributed by atoms with van der Waals surface area (Å²) in [6.45, 7) is 4.16. The summed E-state index contributed by atoms with van der Waals surface area (Å²) in [7, 11) is 0. The van der Waals surface area contributed by atoms with E-state index in [1.165, 1.54) is 44.9 Å². The monoisotopic (exact) mass is 331 g/mol. The average Bonchev–Trinajstić information content (AvgIpc) is 3.13. The topological polar surface area (TPSA) is 20.3 Å². The summed E-state index contributed by atoms with van der Waals surface area (Å²) in [5, 5.41) is 0. The molecule has 0 atom stereocenters. The van der Waals surface area contributed by atoms with Crippen molar-refractivity contribution in [2.75, 3.05) is 13.1 Å². The Balaban J connectivity index is 1.83. The highest BCUT2D eigenvalue weighted by Gasteiger charge is 2.16. The van der Waals surface area contributed by atoms with Crippen LogP contribution < -0.4 is 0 Å². The van der Waals surface area contributed by atoms with E-state index in [1.54, 1.807) is 0 Å². The van der Waals surface area contributed by atoms with E-state index in [1.807, 2.05) is 4.90 Å². The highest BCUT2D eigenvalue weighted by Crippen LogP contribution is 2.12. The molecule has 0 aromatic carbocycles. The van der Waals surface area contributed by atoms with E-state index < -0.39 is 0 Å². The Labute approximate surface area is 149 Å². The van der Waals surface area contributed by atoms with Gasteiger partial charge < -0.3 is 4.90 Å². The Morgan fingerprint density at radius 1 is 0.792 bits per heavy atom. The molecule has 0 unspecified atom stereocenters. The second kappa shape index (κ2) is 15.2. The lowest BCUT2D eigenvalue weighted by atomic mass is 10.1. The Morgan fingerprint density at radius 2 is 1.38 bits per heavy atom. The van der Waals surface area contributed by atoms with E-state index in [2.05, 4.69) is 43.4 Å². The van der Waals surface area contributed by atoms with Crippen LogP contribution in [0, 0.1) is 0 Å². The number of amides is 1. The van der Waals surface area contributed by atoms with Crippen LogP contribution in [0.25, 0.3) is 0 Å². The first-order valence-corrected chi connectivity index (χ1v) is 10.1. The normalized spacial score (nSPS) is 15.5. The minimum atomic E-state index is 0.383. The lowest BCUT2D eigenvalue weighted by Crippen LogP contribution is -2.27. The zero-order valence-electron chi connectivity index (χ0n) is 15.7. The molecule has 1 aliphatic heterocycles. The number of rotatable bonds is 13. The number of hydrogen-bond acceptors (Lipinski definition) is 1. The molecule has 0 aromatic rings. The quantitative estimate of drug-likeness (QED) is 0.291. The van der Waals surface area contributed by atoms with E-state index in [4.69, 9.17) is 0 Å². The van der Waals surface area contributed by atoms with Gasteiger partial charge in [0.2, 0.25) is 5.91 Å². The zero-order chi connectivity index (χ0) is 17.3. The van der Waals surface area contributed by atoms with Gasteiger partial charge in [0.1, 0.15) is 0 Å². The third-order valence-electron chi connectivity index (χ3n) is 4.50. The van der Waals surface area contributed by atoms with E-state index in [-0.39, 0.29) is 0 Å². The van der Waals surface area contributed by atoms with E-state index >= 15 is 0 Å². The Kier molecular flexibility index (Phi) is 13.2. The van der Waals surface area contributed by atoms with Crippen LogP contribution in [-0.2, 0) is 4.79 Å². The van der Waals surface area contributed by atoms with Gasteiger partial charge in [0, 0.05) is 19.5 Å². The molecule has 0 spiro atoms. The standard InChI is InChI=1S/C22H37NO/c1-2-3-4-5-6-7-8-9-10-11-12-13-14-15-16-19-22(24)23-20-17-18-21-23/h3-4,6-7,9-10H,2,5,8,11-21H2,1H3. The third kappa shape index (κ3) is 11.3. The number of carbonyl (C=O) groups is 1. The van der Waals surface area contributed by atoms with Gasteiger partial charge in [0.05, 0.1) is 0 Å². The highest BCUT2D eigenvalue weighted by molar-refractivity contribution is 5.76. The molecule has 0 saturated carbocycles. The Bertz CT molecular complexity index is 389. The maximum Gasteiger partial charge on any atom is 0.222 e. The molecule has 0 aromatic heterocycles. The van der Waals surface area contributed by atoms with Gasteiger partial charge in [0.15, 0.2) is 0 Å². The minimum absolute atomic E-state index is 0.383. The summed E-state index contributed by atoms with van der Waals surface area (Å²) in [5.41, 5.74) is 0. The molecule has 24 heavy (non-hydrogen) atoms. The van der Waals surface area contributed by atoms with Crippen molar-refractivity contribution in [3.05, 3.63) is 36.5 Å². The van der Waals surface area contributed by atoms with Crippen LogP contribution in [0.15, 0.2) is 36.5 Å². The van der Waals surface area contributed by atoms with Crippen LogP contribution in [0.3, 0.4) is 0 Å². The van der Waals surface area contributed by atoms with Crippen molar-refractivity contribution >= 4 is 5.91 Å². The van der Waals surface area contributed by atoms with Crippen molar-refractivity contribution in [1.29, 1.82) is 0 Å².